The molecule has 112 valence electrons. The SMILES string of the molecule is CNS(=O)(=O)c1ccc(C(=O)NC2CCCNC2C)o1. The van der Waals surface area contributed by atoms with E-state index in [0.717, 1.165) is 19.4 Å². The average molecular weight is 301 g/mol. The van der Waals surface area contributed by atoms with Crippen molar-refractivity contribution in [2.75, 3.05) is 13.6 Å². The molecule has 0 radical (unpaired) electrons. The highest BCUT2D eigenvalue weighted by atomic mass is 32.2. The van der Waals surface area contributed by atoms with Crippen molar-refractivity contribution in [2.24, 2.45) is 0 Å². The maximum Gasteiger partial charge on any atom is 0.287 e. The van der Waals surface area contributed by atoms with Crippen LogP contribution in [0.3, 0.4) is 0 Å². The third kappa shape index (κ3) is 3.20. The number of amides is 1. The number of furan rings is 1. The summed E-state index contributed by atoms with van der Waals surface area (Å²) >= 11 is 0. The van der Waals surface area contributed by atoms with E-state index in [1.165, 1.54) is 19.2 Å². The van der Waals surface area contributed by atoms with Crippen LogP contribution in [0.25, 0.3) is 0 Å². The van der Waals surface area contributed by atoms with E-state index < -0.39 is 15.9 Å². The van der Waals surface area contributed by atoms with Crippen LogP contribution in [0.4, 0.5) is 0 Å². The van der Waals surface area contributed by atoms with Crippen LogP contribution >= 0.6 is 0 Å². The van der Waals surface area contributed by atoms with E-state index in [2.05, 4.69) is 15.4 Å². The Balaban J connectivity index is 2.06. The van der Waals surface area contributed by atoms with Gasteiger partial charge in [0.05, 0.1) is 0 Å². The smallest absolute Gasteiger partial charge is 0.287 e. The minimum Gasteiger partial charge on any atom is -0.438 e. The third-order valence-electron chi connectivity index (χ3n) is 3.42. The highest BCUT2D eigenvalue weighted by molar-refractivity contribution is 7.89. The number of hydrogen-bond donors (Lipinski definition) is 3. The van der Waals surface area contributed by atoms with Crippen molar-refractivity contribution in [1.29, 1.82) is 0 Å². The fraction of sp³-hybridized carbons (Fsp3) is 0.583. The van der Waals surface area contributed by atoms with Crippen molar-refractivity contribution in [3.8, 4) is 0 Å². The van der Waals surface area contributed by atoms with Crippen molar-refractivity contribution in [2.45, 2.75) is 36.9 Å². The zero-order valence-electron chi connectivity index (χ0n) is 11.5. The van der Waals surface area contributed by atoms with Crippen LogP contribution in [-0.2, 0) is 10.0 Å². The van der Waals surface area contributed by atoms with E-state index in [4.69, 9.17) is 4.42 Å². The summed E-state index contributed by atoms with van der Waals surface area (Å²) in [5, 5.41) is 5.87. The lowest BCUT2D eigenvalue weighted by Crippen LogP contribution is -2.51. The Morgan fingerprint density at radius 3 is 2.85 bits per heavy atom. The van der Waals surface area contributed by atoms with Gasteiger partial charge in [-0.3, -0.25) is 4.79 Å². The topological polar surface area (TPSA) is 100 Å². The largest absolute Gasteiger partial charge is 0.438 e. The second-order valence-electron chi connectivity index (χ2n) is 4.79. The number of hydrogen-bond acceptors (Lipinski definition) is 5. The summed E-state index contributed by atoms with van der Waals surface area (Å²) < 4.78 is 30.3. The van der Waals surface area contributed by atoms with E-state index in [1.54, 1.807) is 0 Å². The molecule has 2 heterocycles. The van der Waals surface area contributed by atoms with Crippen LogP contribution in [0.2, 0.25) is 0 Å². The molecule has 1 saturated heterocycles. The molecular formula is C12H19N3O4S. The molecule has 0 saturated carbocycles. The molecule has 1 amide bonds. The summed E-state index contributed by atoms with van der Waals surface area (Å²) in [5.41, 5.74) is 0. The molecule has 2 unspecified atom stereocenters. The van der Waals surface area contributed by atoms with Gasteiger partial charge in [0.15, 0.2) is 5.76 Å². The Hall–Kier alpha value is -1.38. The lowest BCUT2D eigenvalue weighted by molar-refractivity contribution is 0.0886. The van der Waals surface area contributed by atoms with Crippen LogP contribution < -0.4 is 15.4 Å². The van der Waals surface area contributed by atoms with Gasteiger partial charge in [-0.1, -0.05) is 0 Å². The van der Waals surface area contributed by atoms with Gasteiger partial charge in [0.25, 0.3) is 15.9 Å². The number of nitrogens with one attached hydrogen (secondary N) is 3. The summed E-state index contributed by atoms with van der Waals surface area (Å²) in [5.74, 6) is -0.403. The van der Waals surface area contributed by atoms with Gasteiger partial charge in [0, 0.05) is 12.1 Å². The van der Waals surface area contributed by atoms with E-state index >= 15 is 0 Å². The molecule has 2 rings (SSSR count). The fourth-order valence-electron chi connectivity index (χ4n) is 2.17. The number of rotatable bonds is 4. The van der Waals surface area contributed by atoms with Gasteiger partial charge in [0.1, 0.15) is 0 Å². The van der Waals surface area contributed by atoms with E-state index in [1.807, 2.05) is 6.92 Å². The van der Waals surface area contributed by atoms with Crippen LogP contribution in [0.5, 0.6) is 0 Å². The van der Waals surface area contributed by atoms with Crippen molar-refractivity contribution in [3.63, 3.8) is 0 Å². The van der Waals surface area contributed by atoms with Gasteiger partial charge < -0.3 is 15.1 Å². The first-order valence-electron chi connectivity index (χ1n) is 6.51. The average Bonchev–Trinajstić information content (AvgIpc) is 2.92. The van der Waals surface area contributed by atoms with Crippen LogP contribution in [0.1, 0.15) is 30.3 Å². The lowest BCUT2D eigenvalue weighted by atomic mass is 10.00. The fourth-order valence-corrected chi connectivity index (χ4v) is 2.82. The number of piperidine rings is 1. The van der Waals surface area contributed by atoms with Gasteiger partial charge >= 0.3 is 0 Å². The van der Waals surface area contributed by atoms with E-state index in [0.29, 0.717) is 0 Å². The first-order valence-corrected chi connectivity index (χ1v) is 8.00. The van der Waals surface area contributed by atoms with Crippen molar-refractivity contribution in [1.82, 2.24) is 15.4 Å². The summed E-state index contributed by atoms with van der Waals surface area (Å²) in [4.78, 5) is 12.0. The number of carbonyl (C=O) groups excluding carboxylic acids is 1. The van der Waals surface area contributed by atoms with Gasteiger partial charge in [-0.05, 0) is 45.5 Å². The molecule has 8 heteroatoms. The van der Waals surface area contributed by atoms with E-state index in [9.17, 15) is 13.2 Å². The molecule has 0 aliphatic carbocycles. The maximum absolute atomic E-state index is 12.0. The van der Waals surface area contributed by atoms with Crippen molar-refractivity contribution in [3.05, 3.63) is 17.9 Å². The molecule has 0 aromatic carbocycles. The molecule has 20 heavy (non-hydrogen) atoms. The second kappa shape index (κ2) is 5.94. The summed E-state index contributed by atoms with van der Waals surface area (Å²) in [6.45, 7) is 2.95. The summed E-state index contributed by atoms with van der Waals surface area (Å²) in [6, 6.07) is 2.83. The Morgan fingerprint density at radius 2 is 2.20 bits per heavy atom. The molecule has 1 aliphatic heterocycles. The molecule has 3 N–H and O–H groups in total. The zero-order chi connectivity index (χ0) is 14.8. The molecule has 0 spiro atoms. The summed E-state index contributed by atoms with van der Waals surface area (Å²) in [7, 11) is -2.38. The van der Waals surface area contributed by atoms with Crippen LogP contribution in [0.15, 0.2) is 21.6 Å². The normalized spacial score (nSPS) is 23.5. The first kappa shape index (κ1) is 15.0. The van der Waals surface area contributed by atoms with Gasteiger partial charge in [0.2, 0.25) is 5.09 Å². The van der Waals surface area contributed by atoms with Crippen LogP contribution in [0, 0.1) is 0 Å². The minimum atomic E-state index is -3.66. The number of sulfonamides is 1. The van der Waals surface area contributed by atoms with E-state index in [-0.39, 0.29) is 22.9 Å². The number of carbonyl (C=O) groups is 1. The van der Waals surface area contributed by atoms with Crippen LogP contribution in [-0.4, -0.2) is 40.0 Å². The second-order valence-corrected chi connectivity index (χ2v) is 6.61. The lowest BCUT2D eigenvalue weighted by Gasteiger charge is -2.30. The van der Waals surface area contributed by atoms with Gasteiger partial charge in [-0.15, -0.1) is 0 Å². The van der Waals surface area contributed by atoms with Crippen molar-refractivity contribution >= 4 is 15.9 Å². The highest BCUT2D eigenvalue weighted by Gasteiger charge is 2.25. The molecule has 1 aliphatic rings. The third-order valence-corrected chi connectivity index (χ3v) is 4.70. The molecule has 1 aromatic heterocycles. The minimum absolute atomic E-state index is 0.00315. The molecule has 7 nitrogen and oxygen atoms in total. The summed E-state index contributed by atoms with van der Waals surface area (Å²) in [6.07, 6.45) is 1.88. The molecule has 2 atom stereocenters. The molecular weight excluding hydrogens is 282 g/mol. The predicted octanol–water partition coefficient (Wildman–Crippen LogP) is 0.0580. The molecule has 1 aromatic rings. The Labute approximate surface area is 118 Å². The predicted molar refractivity (Wildman–Crippen MR) is 72.9 cm³/mol. The Kier molecular flexibility index (Phi) is 4.46. The Morgan fingerprint density at radius 1 is 1.45 bits per heavy atom. The van der Waals surface area contributed by atoms with Gasteiger partial charge in [-0.2, -0.15) is 0 Å². The highest BCUT2D eigenvalue weighted by Crippen LogP contribution is 2.15. The monoisotopic (exact) mass is 301 g/mol. The zero-order valence-corrected chi connectivity index (χ0v) is 12.3. The maximum atomic E-state index is 12.0. The van der Waals surface area contributed by atoms with Gasteiger partial charge in [-0.25, -0.2) is 13.1 Å². The quantitative estimate of drug-likeness (QED) is 0.730. The molecule has 1 fully saturated rings. The Bertz CT molecular complexity index is 581. The first-order chi connectivity index (χ1) is 9.44. The molecule has 0 bridgehead atoms. The van der Waals surface area contributed by atoms with Crippen molar-refractivity contribution < 1.29 is 17.6 Å². The standard InChI is InChI=1S/C12H19N3O4S/c1-8-9(4-3-7-14-8)15-12(16)10-5-6-11(19-10)20(17,18)13-2/h5-6,8-9,13-14H,3-4,7H2,1-2H3,(H,15,16).